The standard InChI is InChI=1S/C12H17N3O2/c1-12(2,11(14)17)15-10(16)7-8-3-5-9(13)6-4-8/h3-6H,7,13H2,1-2H3,(H2,14,17)(H,15,16). The van der Waals surface area contributed by atoms with Crippen molar-refractivity contribution in [1.82, 2.24) is 5.32 Å². The van der Waals surface area contributed by atoms with Crippen molar-refractivity contribution in [3.63, 3.8) is 0 Å². The van der Waals surface area contributed by atoms with E-state index in [1.54, 1.807) is 38.1 Å². The summed E-state index contributed by atoms with van der Waals surface area (Å²) >= 11 is 0. The van der Waals surface area contributed by atoms with Crippen molar-refractivity contribution in [1.29, 1.82) is 0 Å². The van der Waals surface area contributed by atoms with E-state index in [9.17, 15) is 9.59 Å². The number of carbonyl (C=O) groups excluding carboxylic acids is 2. The van der Waals surface area contributed by atoms with Crippen LogP contribution in [0.25, 0.3) is 0 Å². The third kappa shape index (κ3) is 3.79. The zero-order chi connectivity index (χ0) is 13.1. The molecule has 0 saturated carbocycles. The van der Waals surface area contributed by atoms with Crippen LogP contribution >= 0.6 is 0 Å². The van der Waals surface area contributed by atoms with Gasteiger partial charge in [0, 0.05) is 5.69 Å². The number of nitrogen functional groups attached to an aromatic ring is 1. The van der Waals surface area contributed by atoms with E-state index in [0.29, 0.717) is 5.69 Å². The molecule has 0 spiro atoms. The van der Waals surface area contributed by atoms with Gasteiger partial charge in [0.15, 0.2) is 0 Å². The highest BCUT2D eigenvalue weighted by molar-refractivity contribution is 5.90. The Labute approximate surface area is 100 Å². The van der Waals surface area contributed by atoms with Gasteiger partial charge in [0.1, 0.15) is 5.54 Å². The smallest absolute Gasteiger partial charge is 0.242 e. The van der Waals surface area contributed by atoms with E-state index in [-0.39, 0.29) is 12.3 Å². The molecule has 5 nitrogen and oxygen atoms in total. The molecule has 0 unspecified atom stereocenters. The van der Waals surface area contributed by atoms with Crippen LogP contribution in [0.4, 0.5) is 5.69 Å². The van der Waals surface area contributed by atoms with Gasteiger partial charge in [0.25, 0.3) is 0 Å². The fraction of sp³-hybridized carbons (Fsp3) is 0.333. The van der Waals surface area contributed by atoms with E-state index in [1.165, 1.54) is 0 Å². The third-order valence-electron chi connectivity index (χ3n) is 2.41. The minimum Gasteiger partial charge on any atom is -0.399 e. The largest absolute Gasteiger partial charge is 0.399 e. The van der Waals surface area contributed by atoms with E-state index in [0.717, 1.165) is 5.56 Å². The van der Waals surface area contributed by atoms with Crippen molar-refractivity contribution in [3.8, 4) is 0 Å². The maximum atomic E-state index is 11.7. The summed E-state index contributed by atoms with van der Waals surface area (Å²) in [6, 6.07) is 6.99. The SMILES string of the molecule is CC(C)(NC(=O)Cc1ccc(N)cc1)C(N)=O. The number of hydrogen-bond donors (Lipinski definition) is 3. The summed E-state index contributed by atoms with van der Waals surface area (Å²) in [6.07, 6.45) is 0.191. The predicted molar refractivity (Wildman–Crippen MR) is 66.0 cm³/mol. The van der Waals surface area contributed by atoms with Crippen LogP contribution in [0.2, 0.25) is 0 Å². The van der Waals surface area contributed by atoms with Crippen molar-refractivity contribution in [2.75, 3.05) is 5.73 Å². The van der Waals surface area contributed by atoms with Crippen LogP contribution in [0.5, 0.6) is 0 Å². The summed E-state index contributed by atoms with van der Waals surface area (Å²) in [4.78, 5) is 22.7. The highest BCUT2D eigenvalue weighted by Gasteiger charge is 2.26. The van der Waals surface area contributed by atoms with Crippen LogP contribution in [-0.4, -0.2) is 17.4 Å². The van der Waals surface area contributed by atoms with Crippen molar-refractivity contribution in [3.05, 3.63) is 29.8 Å². The zero-order valence-corrected chi connectivity index (χ0v) is 9.99. The van der Waals surface area contributed by atoms with E-state index >= 15 is 0 Å². The number of benzene rings is 1. The summed E-state index contributed by atoms with van der Waals surface area (Å²) in [5, 5.41) is 2.57. The van der Waals surface area contributed by atoms with Crippen LogP contribution in [0.1, 0.15) is 19.4 Å². The van der Waals surface area contributed by atoms with Crippen LogP contribution in [0.15, 0.2) is 24.3 Å². The summed E-state index contributed by atoms with van der Waals surface area (Å²) in [5.41, 5.74) is 11.1. The molecule has 0 saturated heterocycles. The Morgan fingerprint density at radius 1 is 1.24 bits per heavy atom. The van der Waals surface area contributed by atoms with E-state index in [2.05, 4.69) is 5.32 Å². The van der Waals surface area contributed by atoms with Crippen LogP contribution in [-0.2, 0) is 16.0 Å². The highest BCUT2D eigenvalue weighted by atomic mass is 16.2. The Balaban J connectivity index is 2.62. The van der Waals surface area contributed by atoms with Gasteiger partial charge in [-0.25, -0.2) is 0 Å². The van der Waals surface area contributed by atoms with Crippen molar-refractivity contribution < 1.29 is 9.59 Å². The minimum atomic E-state index is -1.04. The maximum Gasteiger partial charge on any atom is 0.242 e. The molecule has 5 heteroatoms. The number of carbonyl (C=O) groups is 2. The summed E-state index contributed by atoms with van der Waals surface area (Å²) in [6.45, 7) is 3.13. The average molecular weight is 235 g/mol. The third-order valence-corrected chi connectivity index (χ3v) is 2.41. The fourth-order valence-electron chi connectivity index (χ4n) is 1.28. The number of anilines is 1. The van der Waals surface area contributed by atoms with Crippen LogP contribution in [0.3, 0.4) is 0 Å². The lowest BCUT2D eigenvalue weighted by Gasteiger charge is -2.22. The number of nitrogens with two attached hydrogens (primary N) is 2. The molecule has 1 aromatic carbocycles. The van der Waals surface area contributed by atoms with Crippen molar-refractivity contribution in [2.24, 2.45) is 5.73 Å². The van der Waals surface area contributed by atoms with E-state index in [4.69, 9.17) is 11.5 Å². The second-order valence-corrected chi connectivity index (χ2v) is 4.46. The molecule has 1 rings (SSSR count). The number of nitrogens with one attached hydrogen (secondary N) is 1. The Morgan fingerprint density at radius 3 is 2.24 bits per heavy atom. The number of primary amides is 1. The Morgan fingerprint density at radius 2 is 1.76 bits per heavy atom. The van der Waals surface area contributed by atoms with Gasteiger partial charge in [0.2, 0.25) is 11.8 Å². The molecule has 0 aliphatic carbocycles. The summed E-state index contributed by atoms with van der Waals surface area (Å²) in [7, 11) is 0. The van der Waals surface area contributed by atoms with Gasteiger partial charge in [-0.3, -0.25) is 9.59 Å². The first kappa shape index (κ1) is 13.0. The first-order valence-corrected chi connectivity index (χ1v) is 5.26. The van der Waals surface area contributed by atoms with Gasteiger partial charge < -0.3 is 16.8 Å². The Hall–Kier alpha value is -2.04. The fourth-order valence-corrected chi connectivity index (χ4v) is 1.28. The quantitative estimate of drug-likeness (QED) is 0.650. The first-order valence-electron chi connectivity index (χ1n) is 5.26. The number of amides is 2. The van der Waals surface area contributed by atoms with Crippen molar-refractivity contribution in [2.45, 2.75) is 25.8 Å². The highest BCUT2D eigenvalue weighted by Crippen LogP contribution is 2.07. The predicted octanol–water partition coefficient (Wildman–Crippen LogP) is 0.191. The van der Waals surface area contributed by atoms with Gasteiger partial charge in [-0.15, -0.1) is 0 Å². The van der Waals surface area contributed by atoms with Crippen LogP contribution in [0, 0.1) is 0 Å². The molecule has 0 bridgehead atoms. The average Bonchev–Trinajstić information content (AvgIpc) is 2.20. The summed E-state index contributed by atoms with van der Waals surface area (Å²) in [5.74, 6) is -0.818. The molecule has 0 atom stereocenters. The molecule has 2 amide bonds. The van der Waals surface area contributed by atoms with Gasteiger partial charge >= 0.3 is 0 Å². The number of hydrogen-bond acceptors (Lipinski definition) is 3. The molecular formula is C12H17N3O2. The minimum absolute atomic E-state index is 0.191. The first-order chi connectivity index (χ1) is 7.81. The second kappa shape index (κ2) is 4.86. The van der Waals surface area contributed by atoms with Gasteiger partial charge in [0.05, 0.1) is 6.42 Å². The van der Waals surface area contributed by atoms with Crippen LogP contribution < -0.4 is 16.8 Å². The lowest BCUT2D eigenvalue weighted by molar-refractivity contribution is -0.130. The molecule has 92 valence electrons. The Bertz CT molecular complexity index is 424. The van der Waals surface area contributed by atoms with E-state index in [1.807, 2.05) is 0 Å². The molecule has 1 aromatic rings. The molecule has 0 aliphatic rings. The second-order valence-electron chi connectivity index (χ2n) is 4.46. The monoisotopic (exact) mass is 235 g/mol. The lowest BCUT2D eigenvalue weighted by Crippen LogP contribution is -2.53. The maximum absolute atomic E-state index is 11.7. The molecule has 0 heterocycles. The normalized spacial score (nSPS) is 10.9. The molecule has 0 radical (unpaired) electrons. The van der Waals surface area contributed by atoms with Gasteiger partial charge in [-0.05, 0) is 31.5 Å². The van der Waals surface area contributed by atoms with Gasteiger partial charge in [-0.1, -0.05) is 12.1 Å². The lowest BCUT2D eigenvalue weighted by atomic mass is 10.0. The molecule has 17 heavy (non-hydrogen) atoms. The molecule has 0 fully saturated rings. The number of rotatable bonds is 4. The summed E-state index contributed by atoms with van der Waals surface area (Å²) < 4.78 is 0. The molecule has 0 aliphatic heterocycles. The topological polar surface area (TPSA) is 98.2 Å². The molecular weight excluding hydrogens is 218 g/mol. The van der Waals surface area contributed by atoms with E-state index < -0.39 is 11.4 Å². The molecule has 0 aromatic heterocycles. The van der Waals surface area contributed by atoms with Crippen molar-refractivity contribution >= 4 is 17.5 Å². The van der Waals surface area contributed by atoms with Gasteiger partial charge in [-0.2, -0.15) is 0 Å². The zero-order valence-electron chi connectivity index (χ0n) is 9.99. The Kier molecular flexibility index (Phi) is 3.73. The molecule has 5 N–H and O–H groups in total.